The second-order valence-electron chi connectivity index (χ2n) is 3.01. The van der Waals surface area contributed by atoms with Crippen molar-refractivity contribution in [3.63, 3.8) is 0 Å². The van der Waals surface area contributed by atoms with Gasteiger partial charge in [0.25, 0.3) is 0 Å². The molecule has 0 spiro atoms. The summed E-state index contributed by atoms with van der Waals surface area (Å²) in [6.07, 6.45) is 1.69. The monoisotopic (exact) mass is 276 g/mol. The van der Waals surface area contributed by atoms with Crippen molar-refractivity contribution in [1.29, 1.82) is 0 Å². The molecule has 0 N–H and O–H groups in total. The highest BCUT2D eigenvalue weighted by Crippen LogP contribution is 2.37. The minimum absolute atomic E-state index is 0.622. The van der Waals surface area contributed by atoms with Crippen molar-refractivity contribution in [3.8, 4) is 0 Å². The van der Waals surface area contributed by atoms with Crippen LogP contribution < -0.4 is 0 Å². The summed E-state index contributed by atoms with van der Waals surface area (Å²) >= 11 is 17.3. The normalized spacial score (nSPS) is 13.4. The lowest BCUT2D eigenvalue weighted by Crippen LogP contribution is -2.02. The van der Waals surface area contributed by atoms with Gasteiger partial charge in [0.1, 0.15) is 0 Å². The maximum atomic E-state index is 5.76. The smallest absolute Gasteiger partial charge is 0.216 e. The first-order valence-electron chi connectivity index (χ1n) is 4.62. The van der Waals surface area contributed by atoms with Crippen LogP contribution in [-0.4, -0.2) is 19.1 Å². The molecule has 5 heteroatoms. The van der Waals surface area contributed by atoms with Crippen LogP contribution in [0.15, 0.2) is 34.3 Å². The summed E-state index contributed by atoms with van der Waals surface area (Å²) in [5.74, 6) is 0.651. The van der Waals surface area contributed by atoms with Gasteiger partial charge in [-0.05, 0) is 6.92 Å². The topological polar surface area (TPSA) is 24.7 Å². The Morgan fingerprint density at radius 2 is 1.75 bits per heavy atom. The minimum Gasteiger partial charge on any atom is -0.270 e. The second kappa shape index (κ2) is 5.67. The molecule has 1 rings (SSSR count). The third-order valence-corrected chi connectivity index (χ3v) is 2.59. The SMILES string of the molecule is CC=NC(=NC)c1ccc(C(Cl)(Cl)Cl)cc1. The third-order valence-electron chi connectivity index (χ3n) is 1.93. The van der Waals surface area contributed by atoms with E-state index < -0.39 is 3.79 Å². The lowest BCUT2D eigenvalue weighted by atomic mass is 10.1. The molecule has 1 aromatic carbocycles. The molecule has 0 aliphatic rings. The van der Waals surface area contributed by atoms with Crippen LogP contribution in [0.3, 0.4) is 0 Å². The summed E-state index contributed by atoms with van der Waals surface area (Å²) in [7, 11) is 1.69. The number of rotatable bonds is 1. The van der Waals surface area contributed by atoms with E-state index in [1.165, 1.54) is 0 Å². The van der Waals surface area contributed by atoms with Crippen LogP contribution in [0.1, 0.15) is 18.1 Å². The quantitative estimate of drug-likeness (QED) is 0.421. The Morgan fingerprint density at radius 3 is 2.12 bits per heavy atom. The predicted octanol–water partition coefficient (Wildman–Crippen LogP) is 3.98. The van der Waals surface area contributed by atoms with Crippen molar-refractivity contribution < 1.29 is 0 Å². The maximum Gasteiger partial charge on any atom is 0.216 e. The van der Waals surface area contributed by atoms with Crippen molar-refractivity contribution >= 4 is 46.9 Å². The highest BCUT2D eigenvalue weighted by molar-refractivity contribution is 6.66. The molecule has 0 fully saturated rings. The summed E-state index contributed by atoms with van der Waals surface area (Å²) in [5.41, 5.74) is 1.51. The number of hydrogen-bond acceptors (Lipinski definition) is 1. The van der Waals surface area contributed by atoms with Crippen LogP contribution in [0.25, 0.3) is 0 Å². The van der Waals surface area contributed by atoms with E-state index in [1.54, 1.807) is 25.4 Å². The zero-order valence-electron chi connectivity index (χ0n) is 8.92. The third kappa shape index (κ3) is 3.48. The Labute approximate surface area is 110 Å². The number of nitrogens with zero attached hydrogens (tertiary/aromatic N) is 2. The molecule has 0 unspecified atom stereocenters. The molecule has 0 radical (unpaired) electrons. The first-order chi connectivity index (χ1) is 7.49. The van der Waals surface area contributed by atoms with E-state index in [1.807, 2.05) is 19.1 Å². The molecular formula is C11H11Cl3N2. The molecule has 0 aliphatic carbocycles. The summed E-state index contributed by atoms with van der Waals surface area (Å²) < 4.78 is -1.39. The number of hydrogen-bond donors (Lipinski definition) is 0. The van der Waals surface area contributed by atoms with Gasteiger partial charge in [-0.25, -0.2) is 4.99 Å². The summed E-state index contributed by atoms with van der Waals surface area (Å²) in [6, 6.07) is 7.15. The van der Waals surface area contributed by atoms with Crippen LogP contribution in [0.4, 0.5) is 0 Å². The minimum atomic E-state index is -1.39. The molecule has 2 nitrogen and oxygen atoms in total. The van der Waals surface area contributed by atoms with Crippen LogP contribution in [0.5, 0.6) is 0 Å². The largest absolute Gasteiger partial charge is 0.270 e. The van der Waals surface area contributed by atoms with Crippen LogP contribution in [-0.2, 0) is 3.79 Å². The molecule has 0 atom stereocenters. The Morgan fingerprint density at radius 1 is 1.19 bits per heavy atom. The molecule has 86 valence electrons. The molecule has 0 bridgehead atoms. The van der Waals surface area contributed by atoms with E-state index in [0.29, 0.717) is 11.4 Å². The highest BCUT2D eigenvalue weighted by atomic mass is 35.6. The molecular weight excluding hydrogens is 266 g/mol. The summed E-state index contributed by atoms with van der Waals surface area (Å²) in [6.45, 7) is 1.83. The van der Waals surface area contributed by atoms with Crippen molar-refractivity contribution in [1.82, 2.24) is 0 Å². The molecule has 0 heterocycles. The number of alkyl halides is 3. The fraction of sp³-hybridized carbons (Fsp3) is 0.273. The molecule has 0 aromatic heterocycles. The number of benzene rings is 1. The molecule has 0 aliphatic heterocycles. The summed E-state index contributed by atoms with van der Waals surface area (Å²) in [5, 5.41) is 0. The average Bonchev–Trinajstić information content (AvgIpc) is 2.25. The standard InChI is InChI=1S/C11H11Cl3N2/c1-3-16-10(15-2)8-4-6-9(7-5-8)11(12,13)14/h3-7H,1-2H3. The Kier molecular flexibility index (Phi) is 4.78. The van der Waals surface area contributed by atoms with Gasteiger partial charge >= 0.3 is 0 Å². The lowest BCUT2D eigenvalue weighted by molar-refractivity contribution is 1.24. The van der Waals surface area contributed by atoms with Gasteiger partial charge in [0.05, 0.1) is 0 Å². The first-order valence-corrected chi connectivity index (χ1v) is 5.75. The van der Waals surface area contributed by atoms with Gasteiger partial charge < -0.3 is 0 Å². The Hall–Kier alpha value is -0.570. The van der Waals surface area contributed by atoms with Crippen molar-refractivity contribution in [2.24, 2.45) is 9.98 Å². The van der Waals surface area contributed by atoms with Crippen molar-refractivity contribution in [3.05, 3.63) is 35.4 Å². The van der Waals surface area contributed by atoms with E-state index in [9.17, 15) is 0 Å². The van der Waals surface area contributed by atoms with Crippen LogP contribution >= 0.6 is 34.8 Å². The zero-order valence-corrected chi connectivity index (χ0v) is 11.2. The van der Waals surface area contributed by atoms with Gasteiger partial charge in [0.15, 0.2) is 5.84 Å². The second-order valence-corrected chi connectivity index (χ2v) is 5.29. The van der Waals surface area contributed by atoms with Crippen molar-refractivity contribution in [2.75, 3.05) is 7.05 Å². The fourth-order valence-electron chi connectivity index (χ4n) is 1.19. The van der Waals surface area contributed by atoms with Crippen LogP contribution in [0.2, 0.25) is 0 Å². The average molecular weight is 278 g/mol. The number of amidine groups is 1. The van der Waals surface area contributed by atoms with E-state index in [-0.39, 0.29) is 0 Å². The van der Waals surface area contributed by atoms with Gasteiger partial charge in [0, 0.05) is 24.4 Å². The lowest BCUT2D eigenvalue weighted by Gasteiger charge is -2.11. The van der Waals surface area contributed by atoms with E-state index in [2.05, 4.69) is 9.98 Å². The fourth-order valence-corrected chi connectivity index (χ4v) is 1.57. The molecule has 0 saturated carbocycles. The molecule has 0 amide bonds. The predicted molar refractivity (Wildman–Crippen MR) is 72.3 cm³/mol. The van der Waals surface area contributed by atoms with E-state index in [0.717, 1.165) is 5.56 Å². The molecule has 0 saturated heterocycles. The van der Waals surface area contributed by atoms with E-state index >= 15 is 0 Å². The van der Waals surface area contributed by atoms with Gasteiger partial charge in [-0.2, -0.15) is 0 Å². The summed E-state index contributed by atoms with van der Waals surface area (Å²) in [4.78, 5) is 8.19. The van der Waals surface area contributed by atoms with Gasteiger partial charge in [-0.1, -0.05) is 59.1 Å². The highest BCUT2D eigenvalue weighted by Gasteiger charge is 2.22. The van der Waals surface area contributed by atoms with Gasteiger partial charge in [-0.3, -0.25) is 4.99 Å². The zero-order chi connectivity index (χ0) is 12.2. The number of halogens is 3. The van der Waals surface area contributed by atoms with Gasteiger partial charge in [0.2, 0.25) is 3.79 Å². The van der Waals surface area contributed by atoms with E-state index in [4.69, 9.17) is 34.8 Å². The Bertz CT molecular complexity index is 402. The first kappa shape index (κ1) is 13.5. The van der Waals surface area contributed by atoms with Crippen LogP contribution in [0, 0.1) is 0 Å². The van der Waals surface area contributed by atoms with Crippen molar-refractivity contribution in [2.45, 2.75) is 10.7 Å². The maximum absolute atomic E-state index is 5.76. The molecule has 1 aromatic rings. The van der Waals surface area contributed by atoms with Gasteiger partial charge in [-0.15, -0.1) is 0 Å². The number of aliphatic imine (C=N–C) groups is 2. The Balaban J connectivity index is 3.04. The molecule has 16 heavy (non-hydrogen) atoms.